The van der Waals surface area contributed by atoms with Gasteiger partial charge in [-0.05, 0) is 0 Å². The molecular formula is C62H120N10O26. The number of rotatable bonds is 57. The Bertz CT molecular complexity index is 1820. The number of β-amino-alcohol motifs (C(OH)–C–C–N with tert-alkyl or cyclic N) is 2. The Morgan fingerprint density at radius 1 is 0.286 bits per heavy atom. The first-order valence-electron chi connectivity index (χ1n) is 33.7. The van der Waals surface area contributed by atoms with Gasteiger partial charge in [0.2, 0.25) is 0 Å². The average Bonchev–Trinajstić information content (AvgIpc) is 1.11. The maximum atomic E-state index is 12.5. The minimum absolute atomic E-state index is 0.0115. The number of hydrogen-bond donors (Lipinski definition) is 8. The fourth-order valence-electron chi connectivity index (χ4n) is 10.8. The molecule has 2 heterocycles. The standard InChI is InChI=1S/C62H120N10O26/c1-87-23-27-91-31-35-95-49-53(50-96-36-32-92-28-24-88-2)71(41-55(73)39-63-5-9-65(43-57(75)76)13-17-69(47-61(83)84)18-14-66(10-6-63)44-58(77)78)21-22-72(54(51-97-37-33-93-29-25-89-3)52-98-38-34-94-30-26-90-4)42-56(74)40-64-7-11-67(45-59(79)80)15-19-70(48-62(85)86)20-16-68(12-8-64)46-60(81)82/h53-56,73-74H,5-52H2,1-4H3,(H,75,76)(H,77,78)(H,79,80)(H,81,82)(H,83,84)(H,85,86). The third-order valence-corrected chi connectivity index (χ3v) is 16.0. The molecule has 0 aliphatic carbocycles. The zero-order valence-electron chi connectivity index (χ0n) is 58.6. The Labute approximate surface area is 577 Å². The molecule has 0 amide bonds. The summed E-state index contributed by atoms with van der Waals surface area (Å²) in [5.74, 6) is -6.46. The van der Waals surface area contributed by atoms with Gasteiger partial charge in [-0.3, -0.25) is 77.8 Å². The molecule has 0 aromatic carbocycles. The van der Waals surface area contributed by atoms with E-state index in [1.54, 1.807) is 57.8 Å². The monoisotopic (exact) mass is 1420 g/mol. The first-order valence-corrected chi connectivity index (χ1v) is 33.7. The summed E-state index contributed by atoms with van der Waals surface area (Å²) in [4.78, 5) is 90.6. The van der Waals surface area contributed by atoms with Gasteiger partial charge in [0.15, 0.2) is 0 Å². The summed E-state index contributed by atoms with van der Waals surface area (Å²) in [6.07, 6.45) is -2.22. The highest BCUT2D eigenvalue weighted by molar-refractivity contribution is 5.71. The third kappa shape index (κ3) is 48.6. The van der Waals surface area contributed by atoms with Crippen LogP contribution in [0.25, 0.3) is 0 Å². The van der Waals surface area contributed by atoms with Crippen LogP contribution in [0.3, 0.4) is 0 Å². The molecule has 2 saturated heterocycles. The highest BCUT2D eigenvalue weighted by Gasteiger charge is 2.30. The molecule has 2 rings (SSSR count). The normalized spacial score (nSPS) is 17.4. The molecule has 0 saturated carbocycles. The average molecular weight is 1420 g/mol. The zero-order valence-corrected chi connectivity index (χ0v) is 58.6. The summed E-state index contributed by atoms with van der Waals surface area (Å²) in [5.41, 5.74) is 0. The molecule has 2 unspecified atom stereocenters. The van der Waals surface area contributed by atoms with Crippen molar-refractivity contribution in [2.24, 2.45) is 0 Å². The van der Waals surface area contributed by atoms with Crippen LogP contribution in [0, 0.1) is 0 Å². The molecule has 0 radical (unpaired) electrons. The highest BCUT2D eigenvalue weighted by Crippen LogP contribution is 2.13. The first-order chi connectivity index (χ1) is 47.2. The molecule has 0 aromatic rings. The number of methoxy groups -OCH3 is 4. The number of aliphatic hydroxyl groups is 2. The molecule has 2 aliphatic rings. The lowest BCUT2D eigenvalue weighted by atomic mass is 10.1. The minimum Gasteiger partial charge on any atom is -0.480 e. The van der Waals surface area contributed by atoms with Crippen molar-refractivity contribution in [3.8, 4) is 0 Å². The summed E-state index contributed by atoms with van der Waals surface area (Å²) in [7, 11) is 6.29. The fraction of sp³-hybridized carbons (Fsp3) is 0.903. The van der Waals surface area contributed by atoms with Crippen molar-refractivity contribution in [1.82, 2.24) is 49.0 Å². The van der Waals surface area contributed by atoms with Crippen molar-refractivity contribution in [3.05, 3.63) is 0 Å². The van der Waals surface area contributed by atoms with Crippen LogP contribution in [0.2, 0.25) is 0 Å². The molecule has 0 aromatic heterocycles. The molecule has 0 bridgehead atoms. The lowest BCUT2D eigenvalue weighted by molar-refractivity contribution is -0.140. The Hall–Kier alpha value is -4.14. The Morgan fingerprint density at radius 3 is 0.643 bits per heavy atom. The molecular weight excluding hydrogens is 1300 g/mol. The summed E-state index contributed by atoms with van der Waals surface area (Å²) in [6, 6.07) is -1.10. The van der Waals surface area contributed by atoms with Crippen LogP contribution in [-0.4, -0.2) is 494 Å². The van der Waals surface area contributed by atoms with Crippen molar-refractivity contribution in [1.29, 1.82) is 0 Å². The van der Waals surface area contributed by atoms with E-state index in [0.717, 1.165) is 0 Å². The maximum Gasteiger partial charge on any atom is 0.317 e. The van der Waals surface area contributed by atoms with Crippen molar-refractivity contribution in [2.45, 2.75) is 24.3 Å². The van der Waals surface area contributed by atoms with Gasteiger partial charge in [-0.15, -0.1) is 0 Å². The predicted molar refractivity (Wildman–Crippen MR) is 354 cm³/mol. The quantitative estimate of drug-likeness (QED) is 0.0264. The Morgan fingerprint density at radius 2 is 0.459 bits per heavy atom. The smallest absolute Gasteiger partial charge is 0.317 e. The predicted octanol–water partition coefficient (Wildman–Crippen LogP) is -5.28. The lowest BCUT2D eigenvalue weighted by Gasteiger charge is -2.39. The first kappa shape index (κ1) is 89.9. The van der Waals surface area contributed by atoms with Gasteiger partial charge in [-0.25, -0.2) is 0 Å². The maximum absolute atomic E-state index is 12.5. The second kappa shape index (κ2) is 58.4. The van der Waals surface area contributed by atoms with Crippen LogP contribution in [0.4, 0.5) is 0 Å². The van der Waals surface area contributed by atoms with Gasteiger partial charge in [-0.1, -0.05) is 0 Å². The van der Waals surface area contributed by atoms with Crippen LogP contribution >= 0.6 is 0 Å². The number of aliphatic carboxylic acids is 6. The Balaban J connectivity index is 2.81. The molecule has 2 aliphatic heterocycles. The summed E-state index contributed by atoms with van der Waals surface area (Å²) < 4.78 is 68.8. The van der Waals surface area contributed by atoms with E-state index in [9.17, 15) is 69.6 Å². The van der Waals surface area contributed by atoms with Crippen molar-refractivity contribution in [2.75, 3.05) is 344 Å². The van der Waals surface area contributed by atoms with E-state index in [2.05, 4.69) is 0 Å². The molecule has 36 nitrogen and oxygen atoms in total. The molecule has 2 fully saturated rings. The molecule has 574 valence electrons. The molecule has 36 heteroatoms. The van der Waals surface area contributed by atoms with Crippen LogP contribution in [0.15, 0.2) is 0 Å². The molecule has 0 spiro atoms. The fourth-order valence-corrected chi connectivity index (χ4v) is 10.8. The van der Waals surface area contributed by atoms with E-state index in [1.807, 2.05) is 19.6 Å². The highest BCUT2D eigenvalue weighted by atomic mass is 16.6. The molecule has 98 heavy (non-hydrogen) atoms. The van der Waals surface area contributed by atoms with E-state index >= 15 is 0 Å². The summed E-state index contributed by atoms with van der Waals surface area (Å²) in [6.45, 7) is 7.15. The SMILES string of the molecule is COCCOCCOCC(COCCOCCOC)N(CCN(CC(O)CN1CCN(CC(=O)O)CCN(CC(=O)O)CCN(CC(=O)O)CC1)C(COCCOCCOC)COCCOCCOC)CC(O)CN1CCN(CC(=O)O)CCN(CC(=O)O)CCN(CC(=O)O)CC1. The second-order valence-electron chi connectivity index (χ2n) is 23.9. The Kier molecular flexibility index (Phi) is 53.6. The number of carboxylic acid groups (broad SMARTS) is 6. The van der Waals surface area contributed by atoms with Crippen molar-refractivity contribution in [3.63, 3.8) is 0 Å². The number of carbonyl (C=O) groups is 6. The second-order valence-corrected chi connectivity index (χ2v) is 23.9. The van der Waals surface area contributed by atoms with E-state index in [4.69, 9.17) is 56.8 Å². The van der Waals surface area contributed by atoms with E-state index in [0.29, 0.717) is 52.9 Å². The zero-order chi connectivity index (χ0) is 72.0. The van der Waals surface area contributed by atoms with Gasteiger partial charge in [-0.2, -0.15) is 0 Å². The third-order valence-electron chi connectivity index (χ3n) is 16.0. The minimum atomic E-state index is -1.11. The lowest BCUT2D eigenvalue weighted by Crippen LogP contribution is -2.55. The van der Waals surface area contributed by atoms with Crippen LogP contribution < -0.4 is 0 Å². The van der Waals surface area contributed by atoms with E-state index < -0.39 is 60.1 Å². The molecule has 2 atom stereocenters. The van der Waals surface area contributed by atoms with Gasteiger partial charge in [0, 0.05) is 172 Å². The van der Waals surface area contributed by atoms with Crippen molar-refractivity contribution >= 4 is 35.8 Å². The van der Waals surface area contributed by atoms with Gasteiger partial charge < -0.3 is 97.7 Å². The van der Waals surface area contributed by atoms with E-state index in [-0.39, 0.29) is 263 Å². The number of hydrogen-bond acceptors (Lipinski definition) is 30. The van der Waals surface area contributed by atoms with Gasteiger partial charge in [0.1, 0.15) is 0 Å². The topological polar surface area (TPSA) is 407 Å². The number of ether oxygens (including phenoxy) is 12. The van der Waals surface area contributed by atoms with Crippen LogP contribution in [0.1, 0.15) is 0 Å². The van der Waals surface area contributed by atoms with Crippen molar-refractivity contribution < 1.29 is 126 Å². The van der Waals surface area contributed by atoms with Crippen LogP contribution in [0.5, 0.6) is 0 Å². The van der Waals surface area contributed by atoms with E-state index in [1.165, 1.54) is 0 Å². The summed E-state index contributed by atoms with van der Waals surface area (Å²) >= 11 is 0. The largest absolute Gasteiger partial charge is 0.480 e. The number of carboxylic acids is 6. The van der Waals surface area contributed by atoms with Gasteiger partial charge >= 0.3 is 35.8 Å². The summed E-state index contributed by atoms with van der Waals surface area (Å²) in [5, 5.41) is 84.3. The number of aliphatic hydroxyl groups excluding tert-OH is 2. The molecule has 8 N–H and O–H groups in total. The van der Waals surface area contributed by atoms with Crippen LogP contribution in [-0.2, 0) is 85.6 Å². The van der Waals surface area contributed by atoms with Gasteiger partial charge in [0.05, 0.1) is 196 Å². The number of nitrogens with zero attached hydrogens (tertiary/aromatic N) is 10. The van der Waals surface area contributed by atoms with Gasteiger partial charge in [0.25, 0.3) is 0 Å².